The van der Waals surface area contributed by atoms with Gasteiger partial charge in [-0.25, -0.2) is 0 Å². The molecule has 0 amide bonds. The average molecular weight is 356 g/mol. The van der Waals surface area contributed by atoms with Crippen molar-refractivity contribution >= 4 is 27.3 Å². The van der Waals surface area contributed by atoms with Gasteiger partial charge in [0.25, 0.3) is 0 Å². The molecule has 0 saturated heterocycles. The average Bonchev–Trinajstić information content (AvgIpc) is 3.06. The molecule has 0 bridgehead atoms. The minimum Gasteiger partial charge on any atom is -0.493 e. The summed E-state index contributed by atoms with van der Waals surface area (Å²) in [6.07, 6.45) is 0. The van der Waals surface area contributed by atoms with E-state index in [1.807, 2.05) is 12.1 Å². The van der Waals surface area contributed by atoms with Crippen LogP contribution in [0.5, 0.6) is 17.2 Å². The van der Waals surface area contributed by atoms with Crippen LogP contribution >= 0.6 is 27.3 Å². The van der Waals surface area contributed by atoms with Gasteiger partial charge >= 0.3 is 0 Å². The third kappa shape index (κ3) is 2.92. The van der Waals surface area contributed by atoms with E-state index in [9.17, 15) is 0 Å². The number of ether oxygens (including phenoxy) is 3. The number of methoxy groups -OCH3 is 1. The summed E-state index contributed by atoms with van der Waals surface area (Å²) in [7, 11) is 1.64. The molecule has 0 unspecified atom stereocenters. The van der Waals surface area contributed by atoms with Gasteiger partial charge in [0.2, 0.25) is 12.5 Å². The molecule has 4 nitrogen and oxygen atoms in total. The molecule has 0 spiro atoms. The lowest BCUT2D eigenvalue weighted by atomic mass is 10.2. The first-order valence-corrected chi connectivity index (χ1v) is 7.83. The first-order valence-electron chi connectivity index (χ1n) is 6.16. The van der Waals surface area contributed by atoms with E-state index in [4.69, 9.17) is 14.2 Å². The van der Waals surface area contributed by atoms with Gasteiger partial charge in [0.05, 0.1) is 7.11 Å². The van der Waals surface area contributed by atoms with Crippen LogP contribution in [0.4, 0.5) is 0 Å². The zero-order chi connectivity index (χ0) is 13.9. The first kappa shape index (κ1) is 13.7. The summed E-state index contributed by atoms with van der Waals surface area (Å²) in [5.41, 5.74) is 1.11. The minimum absolute atomic E-state index is 0.256. The number of hydrogen-bond acceptors (Lipinski definition) is 5. The molecule has 1 N–H and O–H groups in total. The minimum atomic E-state index is 0.256. The predicted octanol–water partition coefficient (Wildman–Crippen LogP) is 3.54. The van der Waals surface area contributed by atoms with Crippen molar-refractivity contribution in [1.82, 2.24) is 5.32 Å². The van der Waals surface area contributed by atoms with Crippen molar-refractivity contribution in [1.29, 1.82) is 0 Å². The van der Waals surface area contributed by atoms with E-state index in [0.29, 0.717) is 5.75 Å². The molecule has 2 heterocycles. The van der Waals surface area contributed by atoms with Crippen LogP contribution in [0, 0.1) is 0 Å². The largest absolute Gasteiger partial charge is 0.493 e. The van der Waals surface area contributed by atoms with E-state index in [2.05, 4.69) is 32.7 Å². The van der Waals surface area contributed by atoms with E-state index in [-0.39, 0.29) is 6.79 Å². The summed E-state index contributed by atoms with van der Waals surface area (Å²) >= 11 is 5.19. The molecule has 0 radical (unpaired) electrons. The van der Waals surface area contributed by atoms with Crippen LogP contribution < -0.4 is 19.5 Å². The van der Waals surface area contributed by atoms with Crippen LogP contribution in [0.25, 0.3) is 0 Å². The topological polar surface area (TPSA) is 39.7 Å². The first-order chi connectivity index (χ1) is 9.76. The van der Waals surface area contributed by atoms with Crippen molar-refractivity contribution in [3.8, 4) is 17.2 Å². The molecular weight excluding hydrogens is 342 g/mol. The standard InChI is InChI=1S/C14H14BrNO3S/c1-17-12-2-9(3-13-14(12)19-8-18-13)5-16-6-11-4-10(15)7-20-11/h2-4,7,16H,5-6,8H2,1H3. The highest BCUT2D eigenvalue weighted by Crippen LogP contribution is 2.41. The van der Waals surface area contributed by atoms with Crippen LogP contribution in [0.3, 0.4) is 0 Å². The molecule has 1 aliphatic rings. The summed E-state index contributed by atoms with van der Waals surface area (Å²) in [4.78, 5) is 1.30. The van der Waals surface area contributed by atoms with Crippen molar-refractivity contribution in [2.75, 3.05) is 13.9 Å². The fraction of sp³-hybridized carbons (Fsp3) is 0.286. The van der Waals surface area contributed by atoms with Crippen LogP contribution in [-0.2, 0) is 13.1 Å². The van der Waals surface area contributed by atoms with Crippen LogP contribution in [0.2, 0.25) is 0 Å². The summed E-state index contributed by atoms with van der Waals surface area (Å²) < 4.78 is 17.3. The highest BCUT2D eigenvalue weighted by molar-refractivity contribution is 9.10. The van der Waals surface area contributed by atoms with Crippen LogP contribution in [0.1, 0.15) is 10.4 Å². The Morgan fingerprint density at radius 3 is 2.95 bits per heavy atom. The van der Waals surface area contributed by atoms with Gasteiger partial charge < -0.3 is 19.5 Å². The normalized spacial score (nSPS) is 12.7. The molecule has 6 heteroatoms. The third-order valence-electron chi connectivity index (χ3n) is 2.97. The highest BCUT2D eigenvalue weighted by atomic mass is 79.9. The maximum atomic E-state index is 5.42. The third-order valence-corrected chi connectivity index (χ3v) is 4.67. The Balaban J connectivity index is 1.65. The maximum Gasteiger partial charge on any atom is 0.231 e. The van der Waals surface area contributed by atoms with Gasteiger partial charge in [0.1, 0.15) is 0 Å². The molecule has 20 heavy (non-hydrogen) atoms. The molecular formula is C14H14BrNO3S. The van der Waals surface area contributed by atoms with E-state index >= 15 is 0 Å². The number of rotatable bonds is 5. The zero-order valence-electron chi connectivity index (χ0n) is 10.9. The van der Waals surface area contributed by atoms with Crippen LogP contribution in [0.15, 0.2) is 28.1 Å². The number of nitrogens with one attached hydrogen (secondary N) is 1. The molecule has 2 aromatic rings. The predicted molar refractivity (Wildman–Crippen MR) is 81.7 cm³/mol. The van der Waals surface area contributed by atoms with Gasteiger partial charge in [-0.05, 0) is 39.7 Å². The number of halogens is 1. The summed E-state index contributed by atoms with van der Waals surface area (Å²) in [6.45, 7) is 1.85. The molecule has 0 saturated carbocycles. The number of fused-ring (bicyclic) bond motifs is 1. The molecule has 1 aromatic heterocycles. The molecule has 0 aliphatic carbocycles. The fourth-order valence-electron chi connectivity index (χ4n) is 2.06. The van der Waals surface area contributed by atoms with E-state index < -0.39 is 0 Å². The Labute approximate surface area is 129 Å². The second kappa shape index (κ2) is 6.03. The molecule has 3 rings (SSSR count). The zero-order valence-corrected chi connectivity index (χ0v) is 13.3. The highest BCUT2D eigenvalue weighted by Gasteiger charge is 2.19. The Morgan fingerprint density at radius 2 is 2.20 bits per heavy atom. The Kier molecular flexibility index (Phi) is 4.14. The van der Waals surface area contributed by atoms with Crippen molar-refractivity contribution in [2.45, 2.75) is 13.1 Å². The van der Waals surface area contributed by atoms with E-state index in [1.54, 1.807) is 18.4 Å². The van der Waals surface area contributed by atoms with E-state index in [1.165, 1.54) is 4.88 Å². The molecule has 1 aromatic carbocycles. The maximum absolute atomic E-state index is 5.42. The van der Waals surface area contributed by atoms with Gasteiger partial charge in [-0.15, -0.1) is 11.3 Å². The van der Waals surface area contributed by atoms with E-state index in [0.717, 1.165) is 34.6 Å². The lowest BCUT2D eigenvalue weighted by molar-refractivity contribution is 0.171. The van der Waals surface area contributed by atoms with Crippen molar-refractivity contribution in [3.63, 3.8) is 0 Å². The van der Waals surface area contributed by atoms with Crippen molar-refractivity contribution < 1.29 is 14.2 Å². The lowest BCUT2D eigenvalue weighted by Crippen LogP contribution is -2.11. The second-order valence-electron chi connectivity index (χ2n) is 4.37. The SMILES string of the molecule is COc1cc(CNCc2cc(Br)cs2)cc2c1OCO2. The second-order valence-corrected chi connectivity index (χ2v) is 6.28. The Hall–Kier alpha value is -1.24. The van der Waals surface area contributed by atoms with Crippen molar-refractivity contribution in [2.24, 2.45) is 0 Å². The monoisotopic (exact) mass is 355 g/mol. The van der Waals surface area contributed by atoms with Gasteiger partial charge in [-0.2, -0.15) is 0 Å². The quantitative estimate of drug-likeness (QED) is 0.890. The molecule has 106 valence electrons. The van der Waals surface area contributed by atoms with Gasteiger partial charge in [-0.3, -0.25) is 0 Å². The van der Waals surface area contributed by atoms with Crippen LogP contribution in [-0.4, -0.2) is 13.9 Å². The number of thiophene rings is 1. The molecule has 1 aliphatic heterocycles. The fourth-order valence-corrected chi connectivity index (χ4v) is 3.48. The molecule has 0 atom stereocenters. The summed E-state index contributed by atoms with van der Waals surface area (Å²) in [5, 5.41) is 5.50. The summed E-state index contributed by atoms with van der Waals surface area (Å²) in [5.74, 6) is 2.16. The number of hydrogen-bond donors (Lipinski definition) is 1. The Morgan fingerprint density at radius 1 is 1.30 bits per heavy atom. The van der Waals surface area contributed by atoms with Crippen molar-refractivity contribution in [3.05, 3.63) is 38.5 Å². The summed E-state index contributed by atoms with van der Waals surface area (Å²) in [6, 6.07) is 6.09. The molecule has 0 fully saturated rings. The Bertz CT molecular complexity index is 614. The van der Waals surface area contributed by atoms with Gasteiger partial charge in [0.15, 0.2) is 11.5 Å². The van der Waals surface area contributed by atoms with Gasteiger partial charge in [0, 0.05) is 27.8 Å². The lowest BCUT2D eigenvalue weighted by Gasteiger charge is -2.09. The number of benzene rings is 1. The van der Waals surface area contributed by atoms with Gasteiger partial charge in [-0.1, -0.05) is 0 Å². The smallest absolute Gasteiger partial charge is 0.231 e.